The molecule has 0 N–H and O–H groups in total. The third kappa shape index (κ3) is 17.7. The van der Waals surface area contributed by atoms with Crippen molar-refractivity contribution >= 4 is 17.1 Å². The van der Waals surface area contributed by atoms with Crippen molar-refractivity contribution in [3.8, 4) is 18.0 Å². The fourth-order valence-corrected chi connectivity index (χ4v) is 7.09. The molecule has 3 fully saturated rings. The summed E-state index contributed by atoms with van der Waals surface area (Å²) < 4.78 is 0. The Bertz CT molecular complexity index is 904. The SMILES string of the molecule is C1CCCCCC(=NOc2nc(ON=C3CCCCCCCCCCC3)nc(ON=C3CCCCCCCCCCC3)n2)CCCCC1. The van der Waals surface area contributed by atoms with Gasteiger partial charge in [-0.1, -0.05) is 150 Å². The Morgan fingerprint density at radius 1 is 0.250 bits per heavy atom. The van der Waals surface area contributed by atoms with E-state index in [1.54, 1.807) is 0 Å². The molecular weight excluding hydrogens is 600 g/mol. The summed E-state index contributed by atoms with van der Waals surface area (Å²) in [5, 5.41) is 13.7. The Morgan fingerprint density at radius 3 is 0.604 bits per heavy atom. The first-order valence-electron chi connectivity index (χ1n) is 20.3. The molecule has 1 heterocycles. The highest BCUT2D eigenvalue weighted by Gasteiger charge is 2.14. The average molecular weight is 667 g/mol. The van der Waals surface area contributed by atoms with Crippen LogP contribution in [0, 0.1) is 0 Å². The largest absolute Gasteiger partial charge is 0.355 e. The minimum Gasteiger partial charge on any atom is -0.315 e. The van der Waals surface area contributed by atoms with E-state index >= 15 is 0 Å². The van der Waals surface area contributed by atoms with Crippen LogP contribution in [0.1, 0.15) is 212 Å². The first kappa shape index (κ1) is 38.2. The minimum atomic E-state index is 0.0615. The van der Waals surface area contributed by atoms with Crippen molar-refractivity contribution in [1.29, 1.82) is 0 Å². The van der Waals surface area contributed by atoms with Crippen molar-refractivity contribution in [2.24, 2.45) is 15.5 Å². The highest BCUT2D eigenvalue weighted by atomic mass is 16.7. The maximum Gasteiger partial charge on any atom is 0.355 e. The summed E-state index contributed by atoms with van der Waals surface area (Å²) in [5.74, 6) is 0. The van der Waals surface area contributed by atoms with Gasteiger partial charge in [-0.25, -0.2) is 0 Å². The Balaban J connectivity index is 1.48. The van der Waals surface area contributed by atoms with E-state index < -0.39 is 0 Å². The number of hydrogen-bond donors (Lipinski definition) is 0. The van der Waals surface area contributed by atoms with Crippen LogP contribution in [0.5, 0.6) is 18.0 Å². The zero-order valence-corrected chi connectivity index (χ0v) is 30.2. The number of oxime groups is 3. The van der Waals surface area contributed by atoms with Crippen LogP contribution in [0.25, 0.3) is 0 Å². The van der Waals surface area contributed by atoms with Gasteiger partial charge >= 0.3 is 18.0 Å². The van der Waals surface area contributed by atoms with Crippen LogP contribution in [-0.2, 0) is 0 Å². The predicted octanol–water partition coefficient (Wildman–Crippen LogP) is 12.0. The molecule has 0 amide bonds. The number of aromatic nitrogens is 3. The Morgan fingerprint density at radius 2 is 0.417 bits per heavy atom. The number of rotatable bonds is 6. The van der Waals surface area contributed by atoms with Gasteiger partial charge in [-0.15, -0.1) is 15.0 Å². The lowest BCUT2D eigenvalue weighted by atomic mass is 10.00. The molecule has 3 aliphatic carbocycles. The Hall–Kier alpha value is -2.58. The maximum absolute atomic E-state index is 5.89. The highest BCUT2D eigenvalue weighted by molar-refractivity contribution is 5.84. The molecule has 9 heteroatoms. The average Bonchev–Trinajstić information content (AvgIpc) is 3.07. The third-order valence-electron chi connectivity index (χ3n) is 10.1. The molecule has 4 rings (SSSR count). The molecule has 48 heavy (non-hydrogen) atoms. The molecule has 3 aliphatic rings. The summed E-state index contributed by atoms with van der Waals surface area (Å²) >= 11 is 0. The second-order valence-electron chi connectivity index (χ2n) is 14.5. The molecule has 0 spiro atoms. The first-order chi connectivity index (χ1) is 23.8. The van der Waals surface area contributed by atoms with Gasteiger partial charge in [-0.05, 0) is 77.0 Å². The van der Waals surface area contributed by atoms with Gasteiger partial charge in [0.25, 0.3) is 0 Å². The minimum absolute atomic E-state index is 0.0615. The van der Waals surface area contributed by atoms with Crippen LogP contribution in [-0.4, -0.2) is 32.1 Å². The fraction of sp³-hybridized carbons (Fsp3) is 0.846. The van der Waals surface area contributed by atoms with Gasteiger partial charge in [0.2, 0.25) is 0 Å². The van der Waals surface area contributed by atoms with Gasteiger partial charge in [-0.2, -0.15) is 0 Å². The Kier molecular flexibility index (Phi) is 20.2. The van der Waals surface area contributed by atoms with Gasteiger partial charge in [-0.3, -0.25) is 0 Å². The second kappa shape index (κ2) is 25.4. The molecule has 270 valence electrons. The molecule has 0 unspecified atom stereocenters. The zero-order chi connectivity index (χ0) is 33.2. The molecule has 9 nitrogen and oxygen atoms in total. The van der Waals surface area contributed by atoms with Crippen LogP contribution in [0.15, 0.2) is 15.5 Å². The molecule has 0 aromatic carbocycles. The molecule has 0 aliphatic heterocycles. The van der Waals surface area contributed by atoms with Crippen molar-refractivity contribution in [3.05, 3.63) is 0 Å². The fourth-order valence-electron chi connectivity index (χ4n) is 7.09. The standard InChI is InChI=1S/C39H66N6O3/c1-4-10-16-22-28-34(29-23-17-11-5-1)43-46-37-40-38(47-44-35-30-24-18-12-6-2-7-13-19-25-31-35)42-39(41-37)48-45-36-32-26-20-14-8-3-9-15-21-27-33-36/h1-33H2. The molecule has 0 saturated heterocycles. The van der Waals surface area contributed by atoms with E-state index in [9.17, 15) is 0 Å². The van der Waals surface area contributed by atoms with Crippen LogP contribution in [0.4, 0.5) is 0 Å². The van der Waals surface area contributed by atoms with E-state index in [2.05, 4.69) is 30.4 Å². The predicted molar refractivity (Wildman–Crippen MR) is 196 cm³/mol. The normalized spacial score (nSPS) is 21.4. The van der Waals surface area contributed by atoms with Gasteiger partial charge in [0, 0.05) is 0 Å². The summed E-state index contributed by atoms with van der Waals surface area (Å²) in [6.07, 6.45) is 39.9. The van der Waals surface area contributed by atoms with Gasteiger partial charge in [0.05, 0.1) is 17.1 Å². The molecule has 1 aromatic rings. The Labute approximate surface area is 291 Å². The topological polar surface area (TPSA) is 103 Å². The van der Waals surface area contributed by atoms with Crippen molar-refractivity contribution in [2.75, 3.05) is 0 Å². The number of hydrogen-bond acceptors (Lipinski definition) is 9. The summed E-state index contributed by atoms with van der Waals surface area (Å²) in [7, 11) is 0. The van der Waals surface area contributed by atoms with Crippen molar-refractivity contribution < 1.29 is 14.5 Å². The van der Waals surface area contributed by atoms with Gasteiger partial charge in [0.15, 0.2) is 0 Å². The zero-order valence-electron chi connectivity index (χ0n) is 30.2. The lowest BCUT2D eigenvalue weighted by Gasteiger charge is -2.10. The van der Waals surface area contributed by atoms with E-state index in [1.165, 1.54) is 135 Å². The van der Waals surface area contributed by atoms with E-state index in [0.717, 1.165) is 94.2 Å². The molecule has 1 aromatic heterocycles. The molecule has 0 bridgehead atoms. The number of nitrogens with zero attached hydrogens (tertiary/aromatic N) is 6. The third-order valence-corrected chi connectivity index (χ3v) is 10.1. The van der Waals surface area contributed by atoms with Crippen molar-refractivity contribution in [1.82, 2.24) is 15.0 Å². The summed E-state index contributed by atoms with van der Waals surface area (Å²) in [4.78, 5) is 31.1. The molecule has 3 saturated carbocycles. The van der Waals surface area contributed by atoms with E-state index in [4.69, 9.17) is 14.5 Å². The highest BCUT2D eigenvalue weighted by Crippen LogP contribution is 2.21. The lowest BCUT2D eigenvalue weighted by Crippen LogP contribution is -2.08. The summed E-state index contributed by atoms with van der Waals surface area (Å²) in [6.45, 7) is 0. The first-order valence-corrected chi connectivity index (χ1v) is 20.3. The molecular formula is C39H66N6O3. The molecule has 0 atom stereocenters. The lowest BCUT2D eigenvalue weighted by molar-refractivity contribution is 0.247. The van der Waals surface area contributed by atoms with E-state index in [1.807, 2.05) is 0 Å². The smallest absolute Gasteiger partial charge is 0.315 e. The van der Waals surface area contributed by atoms with Crippen molar-refractivity contribution in [3.63, 3.8) is 0 Å². The van der Waals surface area contributed by atoms with Crippen LogP contribution >= 0.6 is 0 Å². The van der Waals surface area contributed by atoms with Gasteiger partial charge in [0.1, 0.15) is 0 Å². The maximum atomic E-state index is 5.89. The van der Waals surface area contributed by atoms with E-state index in [-0.39, 0.29) is 18.0 Å². The monoisotopic (exact) mass is 667 g/mol. The summed E-state index contributed by atoms with van der Waals surface area (Å²) in [5.41, 5.74) is 3.22. The van der Waals surface area contributed by atoms with Crippen LogP contribution in [0.3, 0.4) is 0 Å². The second-order valence-corrected chi connectivity index (χ2v) is 14.5. The quantitative estimate of drug-likeness (QED) is 0.280. The van der Waals surface area contributed by atoms with E-state index in [0.29, 0.717) is 0 Å². The molecule has 0 radical (unpaired) electrons. The summed E-state index contributed by atoms with van der Waals surface area (Å²) in [6, 6.07) is 0.184. The van der Waals surface area contributed by atoms with Crippen LogP contribution in [0.2, 0.25) is 0 Å². The van der Waals surface area contributed by atoms with Gasteiger partial charge < -0.3 is 14.5 Å². The van der Waals surface area contributed by atoms with Crippen molar-refractivity contribution in [2.45, 2.75) is 212 Å². The van der Waals surface area contributed by atoms with Crippen LogP contribution < -0.4 is 14.5 Å².